The fourth-order valence-corrected chi connectivity index (χ4v) is 4.71. The third-order valence-corrected chi connectivity index (χ3v) is 6.88. The van der Waals surface area contributed by atoms with Gasteiger partial charge >= 0.3 is 0 Å². The predicted octanol–water partition coefficient (Wildman–Crippen LogP) is 4.43. The summed E-state index contributed by atoms with van der Waals surface area (Å²) in [6.07, 6.45) is 5.44. The molecule has 1 saturated carbocycles. The van der Waals surface area contributed by atoms with E-state index in [4.69, 9.17) is 4.74 Å². The third-order valence-electron chi connectivity index (χ3n) is 6.88. The summed E-state index contributed by atoms with van der Waals surface area (Å²) < 4.78 is 8.08. The van der Waals surface area contributed by atoms with Gasteiger partial charge in [-0.2, -0.15) is 0 Å². The number of benzene rings is 1. The van der Waals surface area contributed by atoms with Crippen LogP contribution in [0.3, 0.4) is 0 Å². The zero-order valence-electron chi connectivity index (χ0n) is 22.1. The second-order valence-corrected chi connectivity index (χ2v) is 10.3. The van der Waals surface area contributed by atoms with E-state index in [1.54, 1.807) is 6.20 Å². The van der Waals surface area contributed by atoms with Gasteiger partial charge in [0.1, 0.15) is 18.2 Å². The summed E-state index contributed by atoms with van der Waals surface area (Å²) in [5.74, 6) is 3.41. The number of hydrogen-bond acceptors (Lipinski definition) is 6. The lowest BCUT2D eigenvalue weighted by Gasteiger charge is -2.28. The number of aromatic nitrogens is 4. The fourth-order valence-electron chi connectivity index (χ4n) is 4.71. The Morgan fingerprint density at radius 3 is 2.58 bits per heavy atom. The molecule has 1 amide bonds. The average Bonchev–Trinajstić information content (AvgIpc) is 3.23. The second kappa shape index (κ2) is 11.6. The number of amides is 1. The van der Waals surface area contributed by atoms with E-state index in [-0.39, 0.29) is 11.9 Å². The van der Waals surface area contributed by atoms with Gasteiger partial charge in [0.15, 0.2) is 5.82 Å². The molecule has 36 heavy (non-hydrogen) atoms. The van der Waals surface area contributed by atoms with E-state index in [2.05, 4.69) is 55.9 Å². The summed E-state index contributed by atoms with van der Waals surface area (Å²) in [7, 11) is 6.02. The van der Waals surface area contributed by atoms with E-state index < -0.39 is 0 Å². The molecule has 8 heteroatoms. The topological polar surface area (TPSA) is 85.2 Å². The molecular weight excluding hydrogens is 452 g/mol. The quantitative estimate of drug-likeness (QED) is 0.478. The number of nitrogens with one attached hydrogen (secondary N) is 1. The Bertz CT molecular complexity index is 1150. The van der Waals surface area contributed by atoms with Crippen molar-refractivity contribution in [3.05, 3.63) is 71.1 Å². The van der Waals surface area contributed by atoms with Crippen LogP contribution in [0.25, 0.3) is 0 Å². The highest BCUT2D eigenvalue weighted by molar-refractivity contribution is 5.94. The zero-order chi connectivity index (χ0) is 25.7. The van der Waals surface area contributed by atoms with Crippen LogP contribution in [0.5, 0.6) is 5.75 Å². The van der Waals surface area contributed by atoms with Crippen molar-refractivity contribution in [2.45, 2.75) is 70.6 Å². The molecule has 0 unspecified atom stereocenters. The summed E-state index contributed by atoms with van der Waals surface area (Å²) >= 11 is 0. The number of carbonyl (C=O) groups excluding carboxylic acids is 1. The number of rotatable bonds is 9. The Morgan fingerprint density at radius 1 is 1.14 bits per heavy atom. The van der Waals surface area contributed by atoms with Gasteiger partial charge in [-0.05, 0) is 75.5 Å². The van der Waals surface area contributed by atoms with E-state index in [1.807, 2.05) is 45.4 Å². The van der Waals surface area contributed by atoms with E-state index in [0.717, 1.165) is 55.3 Å². The van der Waals surface area contributed by atoms with Crippen LogP contribution in [0.2, 0.25) is 0 Å². The molecule has 1 aliphatic carbocycles. The first-order valence-corrected chi connectivity index (χ1v) is 12.8. The minimum atomic E-state index is -0.0537. The molecule has 0 aliphatic heterocycles. The smallest absolute Gasteiger partial charge is 0.253 e. The van der Waals surface area contributed by atoms with Crippen molar-refractivity contribution >= 4 is 5.91 Å². The van der Waals surface area contributed by atoms with Gasteiger partial charge in [0, 0.05) is 31.7 Å². The molecule has 2 heterocycles. The van der Waals surface area contributed by atoms with Crippen molar-refractivity contribution in [3.63, 3.8) is 0 Å². The summed E-state index contributed by atoms with van der Waals surface area (Å²) in [5, 5.41) is 12.1. The van der Waals surface area contributed by atoms with Crippen molar-refractivity contribution in [1.82, 2.24) is 30.0 Å². The van der Waals surface area contributed by atoms with Crippen LogP contribution in [0, 0.1) is 0 Å². The molecule has 3 aromatic rings. The van der Waals surface area contributed by atoms with Gasteiger partial charge in [-0.25, -0.2) is 0 Å². The highest BCUT2D eigenvalue weighted by atomic mass is 16.5. The van der Waals surface area contributed by atoms with Crippen LogP contribution in [0.4, 0.5) is 0 Å². The maximum Gasteiger partial charge on any atom is 0.253 e. The van der Waals surface area contributed by atoms with E-state index in [1.165, 1.54) is 5.56 Å². The van der Waals surface area contributed by atoms with Crippen LogP contribution < -0.4 is 10.1 Å². The number of ether oxygens (including phenoxy) is 1. The van der Waals surface area contributed by atoms with Crippen LogP contribution in [0.15, 0.2) is 42.6 Å². The molecule has 192 valence electrons. The Hall–Kier alpha value is -3.26. The van der Waals surface area contributed by atoms with Gasteiger partial charge in [-0.3, -0.25) is 9.78 Å². The van der Waals surface area contributed by atoms with Crippen LogP contribution in [-0.2, 0) is 20.2 Å². The highest BCUT2D eigenvalue weighted by Crippen LogP contribution is 2.32. The molecule has 1 fully saturated rings. The minimum Gasteiger partial charge on any atom is -0.486 e. The molecule has 0 saturated heterocycles. The van der Waals surface area contributed by atoms with E-state index >= 15 is 0 Å². The first kappa shape index (κ1) is 25.8. The Labute approximate surface area is 214 Å². The lowest BCUT2D eigenvalue weighted by molar-refractivity contribution is 0.0925. The van der Waals surface area contributed by atoms with Crippen LogP contribution in [-0.4, -0.2) is 50.7 Å². The Balaban J connectivity index is 1.28. The first-order chi connectivity index (χ1) is 17.3. The third kappa shape index (κ3) is 6.49. The summed E-state index contributed by atoms with van der Waals surface area (Å²) in [6, 6.07) is 12.2. The molecule has 0 spiro atoms. The molecule has 1 aliphatic rings. The predicted molar refractivity (Wildman–Crippen MR) is 140 cm³/mol. The zero-order valence-corrected chi connectivity index (χ0v) is 22.1. The van der Waals surface area contributed by atoms with Crippen LogP contribution in [0.1, 0.15) is 84.6 Å². The molecule has 8 nitrogen and oxygen atoms in total. The van der Waals surface area contributed by atoms with Gasteiger partial charge in [0.25, 0.3) is 5.91 Å². The van der Waals surface area contributed by atoms with Crippen molar-refractivity contribution < 1.29 is 9.53 Å². The molecular formula is C28H38N6O2. The van der Waals surface area contributed by atoms with Crippen molar-refractivity contribution in [2.75, 3.05) is 14.1 Å². The van der Waals surface area contributed by atoms with Gasteiger partial charge in [-0.15, -0.1) is 10.2 Å². The summed E-state index contributed by atoms with van der Waals surface area (Å²) in [4.78, 5) is 19.2. The molecule has 0 radical (unpaired) electrons. The number of carbonyl (C=O) groups is 1. The van der Waals surface area contributed by atoms with Crippen molar-refractivity contribution in [3.8, 4) is 5.75 Å². The highest BCUT2D eigenvalue weighted by Gasteiger charge is 2.27. The fraction of sp³-hybridized carbons (Fsp3) is 0.500. The first-order valence-electron chi connectivity index (χ1n) is 12.8. The SMILES string of the molecule is CC(C)c1cccc(OCc2nnc(C3CCC(NC(=O)c4ccc(CN(C)C)nc4)CC3)n2C)c1. The molecule has 0 bridgehead atoms. The lowest BCUT2D eigenvalue weighted by Crippen LogP contribution is -2.37. The molecule has 1 aromatic carbocycles. The van der Waals surface area contributed by atoms with E-state index in [0.29, 0.717) is 24.0 Å². The van der Waals surface area contributed by atoms with E-state index in [9.17, 15) is 4.79 Å². The summed E-state index contributed by atoms with van der Waals surface area (Å²) in [5.41, 5.74) is 2.82. The van der Waals surface area contributed by atoms with Gasteiger partial charge < -0.3 is 19.5 Å². The minimum absolute atomic E-state index is 0.0537. The Morgan fingerprint density at radius 2 is 1.92 bits per heavy atom. The average molecular weight is 491 g/mol. The number of pyridine rings is 1. The Kier molecular flexibility index (Phi) is 8.36. The van der Waals surface area contributed by atoms with Gasteiger partial charge in [-0.1, -0.05) is 26.0 Å². The monoisotopic (exact) mass is 490 g/mol. The summed E-state index contributed by atoms with van der Waals surface area (Å²) in [6.45, 7) is 5.50. The van der Waals surface area contributed by atoms with Crippen LogP contribution >= 0.6 is 0 Å². The molecule has 1 N–H and O–H groups in total. The second-order valence-electron chi connectivity index (χ2n) is 10.3. The van der Waals surface area contributed by atoms with Gasteiger partial charge in [0.05, 0.1) is 11.3 Å². The maximum absolute atomic E-state index is 12.7. The maximum atomic E-state index is 12.7. The lowest BCUT2D eigenvalue weighted by atomic mass is 9.85. The number of nitrogens with zero attached hydrogens (tertiary/aromatic N) is 5. The van der Waals surface area contributed by atoms with Crippen molar-refractivity contribution in [2.24, 2.45) is 7.05 Å². The molecule has 4 rings (SSSR count). The number of hydrogen-bond donors (Lipinski definition) is 1. The molecule has 2 aromatic heterocycles. The van der Waals surface area contributed by atoms with Crippen molar-refractivity contribution in [1.29, 1.82) is 0 Å². The largest absolute Gasteiger partial charge is 0.486 e. The van der Waals surface area contributed by atoms with Gasteiger partial charge in [0.2, 0.25) is 0 Å². The standard InChI is InChI=1S/C28H38N6O2/c1-19(2)21-7-6-8-25(15-21)36-18-26-31-32-27(34(26)5)20-9-12-23(13-10-20)30-28(35)22-11-14-24(29-16-22)17-33(3)4/h6-8,11,14-16,19-20,23H,9-10,12-13,17-18H2,1-5H3,(H,30,35). The normalized spacial score (nSPS) is 18.0. The molecule has 0 atom stereocenters.